The fourth-order valence-electron chi connectivity index (χ4n) is 1.73. The molecule has 1 aromatic heterocycles. The fourth-order valence-corrected chi connectivity index (χ4v) is 1.73. The third-order valence-electron chi connectivity index (χ3n) is 3.09. The lowest BCUT2D eigenvalue weighted by Crippen LogP contribution is -2.23. The van der Waals surface area contributed by atoms with Crippen LogP contribution in [0.25, 0.3) is 0 Å². The van der Waals surface area contributed by atoms with Gasteiger partial charge in [-0.15, -0.1) is 0 Å². The highest BCUT2D eigenvalue weighted by Gasteiger charge is 2.14. The molecule has 0 aliphatic heterocycles. The van der Waals surface area contributed by atoms with Crippen molar-refractivity contribution in [1.82, 2.24) is 9.97 Å². The zero-order valence-electron chi connectivity index (χ0n) is 12.5. The molecule has 0 amide bonds. The molecule has 0 fully saturated rings. The zero-order valence-corrected chi connectivity index (χ0v) is 12.5. The van der Waals surface area contributed by atoms with Crippen molar-refractivity contribution in [2.24, 2.45) is 5.92 Å². The van der Waals surface area contributed by atoms with Crippen LogP contribution in [-0.4, -0.2) is 23.6 Å². The smallest absolute Gasteiger partial charge is 0.137 e. The summed E-state index contributed by atoms with van der Waals surface area (Å²) in [6, 6.07) is 0. The standard InChI is InChI=1S/C14H26N4/c1-9(2)7-8-18(6)14-11(5)12(15)16-13(17-14)10(3)4/h9-10H,7-8H2,1-6H3,(H2,15,16,17). The Balaban J connectivity index is 2.99. The van der Waals surface area contributed by atoms with Crippen LogP contribution >= 0.6 is 0 Å². The van der Waals surface area contributed by atoms with Crippen LogP contribution in [0.15, 0.2) is 0 Å². The van der Waals surface area contributed by atoms with Gasteiger partial charge >= 0.3 is 0 Å². The van der Waals surface area contributed by atoms with E-state index in [0.29, 0.717) is 17.7 Å². The van der Waals surface area contributed by atoms with E-state index < -0.39 is 0 Å². The van der Waals surface area contributed by atoms with E-state index in [1.165, 1.54) is 0 Å². The molecule has 0 aliphatic rings. The molecule has 0 atom stereocenters. The number of aromatic nitrogens is 2. The Bertz CT molecular complexity index is 399. The second-order valence-corrected chi connectivity index (χ2v) is 5.67. The van der Waals surface area contributed by atoms with Gasteiger partial charge in [0.05, 0.1) is 0 Å². The summed E-state index contributed by atoms with van der Waals surface area (Å²) in [7, 11) is 2.07. The third kappa shape index (κ3) is 3.59. The molecule has 1 heterocycles. The van der Waals surface area contributed by atoms with Crippen molar-refractivity contribution in [3.8, 4) is 0 Å². The van der Waals surface area contributed by atoms with E-state index in [9.17, 15) is 0 Å². The number of anilines is 2. The second-order valence-electron chi connectivity index (χ2n) is 5.67. The topological polar surface area (TPSA) is 55.0 Å². The molecule has 4 heteroatoms. The normalized spacial score (nSPS) is 11.3. The summed E-state index contributed by atoms with van der Waals surface area (Å²) in [6.07, 6.45) is 1.15. The lowest BCUT2D eigenvalue weighted by molar-refractivity contribution is 0.582. The minimum atomic E-state index is 0.296. The number of rotatable bonds is 5. The van der Waals surface area contributed by atoms with Crippen LogP contribution < -0.4 is 10.6 Å². The molecule has 0 saturated carbocycles. The molecule has 102 valence electrons. The van der Waals surface area contributed by atoms with Crippen molar-refractivity contribution in [3.05, 3.63) is 11.4 Å². The van der Waals surface area contributed by atoms with Gasteiger partial charge in [0.2, 0.25) is 0 Å². The minimum Gasteiger partial charge on any atom is -0.383 e. The zero-order chi connectivity index (χ0) is 13.9. The van der Waals surface area contributed by atoms with Gasteiger partial charge in [0.25, 0.3) is 0 Å². The van der Waals surface area contributed by atoms with Crippen molar-refractivity contribution in [2.45, 2.75) is 47.0 Å². The van der Waals surface area contributed by atoms with E-state index in [4.69, 9.17) is 5.73 Å². The van der Waals surface area contributed by atoms with Gasteiger partial charge in [-0.1, -0.05) is 27.7 Å². The third-order valence-corrected chi connectivity index (χ3v) is 3.09. The van der Waals surface area contributed by atoms with Crippen LogP contribution in [0.2, 0.25) is 0 Å². The van der Waals surface area contributed by atoms with E-state index in [2.05, 4.69) is 49.6 Å². The molecule has 0 aliphatic carbocycles. The number of hydrogen-bond donors (Lipinski definition) is 1. The fraction of sp³-hybridized carbons (Fsp3) is 0.714. The van der Waals surface area contributed by atoms with Crippen LogP contribution in [0.1, 0.15) is 51.4 Å². The predicted molar refractivity (Wildman–Crippen MR) is 78.0 cm³/mol. The average molecular weight is 250 g/mol. The molecule has 0 aromatic carbocycles. The lowest BCUT2D eigenvalue weighted by atomic mass is 10.1. The highest BCUT2D eigenvalue weighted by atomic mass is 15.2. The molecule has 0 bridgehead atoms. The van der Waals surface area contributed by atoms with Crippen molar-refractivity contribution in [1.29, 1.82) is 0 Å². The Hall–Kier alpha value is -1.32. The van der Waals surface area contributed by atoms with Gasteiger partial charge in [0.1, 0.15) is 17.5 Å². The Morgan fingerprint density at radius 3 is 2.28 bits per heavy atom. The number of hydrogen-bond acceptors (Lipinski definition) is 4. The van der Waals surface area contributed by atoms with Gasteiger partial charge in [0, 0.05) is 25.1 Å². The van der Waals surface area contributed by atoms with Gasteiger partial charge < -0.3 is 10.6 Å². The molecule has 0 radical (unpaired) electrons. The first-order valence-corrected chi connectivity index (χ1v) is 6.68. The molecule has 0 saturated heterocycles. The van der Waals surface area contributed by atoms with Crippen molar-refractivity contribution in [2.75, 3.05) is 24.2 Å². The van der Waals surface area contributed by atoms with Crippen molar-refractivity contribution < 1.29 is 0 Å². The van der Waals surface area contributed by atoms with Gasteiger partial charge in [-0.3, -0.25) is 0 Å². The van der Waals surface area contributed by atoms with Crippen molar-refractivity contribution in [3.63, 3.8) is 0 Å². The molecular weight excluding hydrogens is 224 g/mol. The monoisotopic (exact) mass is 250 g/mol. The van der Waals surface area contributed by atoms with Crippen LogP contribution in [0.4, 0.5) is 11.6 Å². The molecule has 0 unspecified atom stereocenters. The van der Waals surface area contributed by atoms with E-state index >= 15 is 0 Å². The molecule has 2 N–H and O–H groups in total. The Labute approximate surface area is 111 Å². The summed E-state index contributed by atoms with van der Waals surface area (Å²) in [5.41, 5.74) is 6.95. The summed E-state index contributed by atoms with van der Waals surface area (Å²) < 4.78 is 0. The summed E-state index contributed by atoms with van der Waals surface area (Å²) in [5.74, 6) is 3.37. The predicted octanol–water partition coefficient (Wildman–Crippen LogP) is 2.97. The first-order valence-electron chi connectivity index (χ1n) is 6.68. The second kappa shape index (κ2) is 6.03. The number of nitrogens with two attached hydrogens (primary N) is 1. The summed E-state index contributed by atoms with van der Waals surface area (Å²) in [6.45, 7) is 11.6. The van der Waals surface area contributed by atoms with Crippen LogP contribution in [0.3, 0.4) is 0 Å². The molecule has 18 heavy (non-hydrogen) atoms. The summed E-state index contributed by atoms with van der Waals surface area (Å²) in [5, 5.41) is 0. The maximum Gasteiger partial charge on any atom is 0.137 e. The maximum atomic E-state index is 5.98. The molecule has 1 rings (SSSR count). The highest BCUT2D eigenvalue weighted by Crippen LogP contribution is 2.23. The van der Waals surface area contributed by atoms with Gasteiger partial charge in [-0.05, 0) is 19.3 Å². The van der Waals surface area contributed by atoms with E-state index in [1.807, 2.05) is 6.92 Å². The van der Waals surface area contributed by atoms with Gasteiger partial charge in [0.15, 0.2) is 0 Å². The largest absolute Gasteiger partial charge is 0.383 e. The Kier molecular flexibility index (Phi) is 4.93. The average Bonchev–Trinajstić information content (AvgIpc) is 2.29. The van der Waals surface area contributed by atoms with E-state index in [-0.39, 0.29) is 0 Å². The van der Waals surface area contributed by atoms with E-state index in [1.54, 1.807) is 0 Å². The molecule has 1 aromatic rings. The summed E-state index contributed by atoms with van der Waals surface area (Å²) >= 11 is 0. The maximum absolute atomic E-state index is 5.98. The SMILES string of the molecule is Cc1c(N)nc(C(C)C)nc1N(C)CCC(C)C. The van der Waals surface area contributed by atoms with Crippen LogP contribution in [0, 0.1) is 12.8 Å². The van der Waals surface area contributed by atoms with E-state index in [0.717, 1.165) is 30.2 Å². The first-order chi connectivity index (χ1) is 8.32. The van der Waals surface area contributed by atoms with Crippen molar-refractivity contribution >= 4 is 11.6 Å². The first kappa shape index (κ1) is 14.7. The number of nitrogens with zero attached hydrogens (tertiary/aromatic N) is 3. The lowest BCUT2D eigenvalue weighted by Gasteiger charge is -2.22. The Morgan fingerprint density at radius 2 is 1.78 bits per heavy atom. The van der Waals surface area contributed by atoms with Crippen LogP contribution in [0.5, 0.6) is 0 Å². The number of nitrogen functional groups attached to an aromatic ring is 1. The molecule has 0 spiro atoms. The molecular formula is C14H26N4. The highest BCUT2D eigenvalue weighted by molar-refractivity contribution is 5.56. The van der Waals surface area contributed by atoms with Gasteiger partial charge in [-0.2, -0.15) is 0 Å². The molecule has 4 nitrogen and oxygen atoms in total. The quantitative estimate of drug-likeness (QED) is 0.873. The van der Waals surface area contributed by atoms with Gasteiger partial charge in [-0.25, -0.2) is 9.97 Å². The Morgan fingerprint density at radius 1 is 1.17 bits per heavy atom. The summed E-state index contributed by atoms with van der Waals surface area (Å²) in [4.78, 5) is 11.2. The minimum absolute atomic E-state index is 0.296. The van der Waals surface area contributed by atoms with Crippen LogP contribution in [-0.2, 0) is 0 Å².